The summed E-state index contributed by atoms with van der Waals surface area (Å²) in [6.45, 7) is 0.785. The predicted octanol–water partition coefficient (Wildman–Crippen LogP) is 4.98. The minimum atomic E-state index is -0.414. The van der Waals surface area contributed by atoms with Gasteiger partial charge in [0.25, 0.3) is 0 Å². The van der Waals surface area contributed by atoms with E-state index >= 15 is 0 Å². The second-order valence-electron chi connectivity index (χ2n) is 6.10. The van der Waals surface area contributed by atoms with Gasteiger partial charge in [0.2, 0.25) is 0 Å². The van der Waals surface area contributed by atoms with Gasteiger partial charge in [-0.1, -0.05) is 44.7 Å². The second kappa shape index (κ2) is 6.07. The van der Waals surface area contributed by atoms with Crippen molar-refractivity contribution in [1.29, 1.82) is 0 Å². The van der Waals surface area contributed by atoms with Crippen LogP contribution in [0, 0.1) is 5.92 Å². The van der Waals surface area contributed by atoms with E-state index in [1.165, 1.54) is 12.8 Å². The summed E-state index contributed by atoms with van der Waals surface area (Å²) in [6, 6.07) is 6.00. The van der Waals surface area contributed by atoms with E-state index in [9.17, 15) is 5.11 Å². The molecular formula is C16H20Br2O2. The Kier molecular flexibility index (Phi) is 4.56. The van der Waals surface area contributed by atoms with E-state index in [-0.39, 0.29) is 5.60 Å². The van der Waals surface area contributed by atoms with Crippen molar-refractivity contribution < 1.29 is 9.84 Å². The highest BCUT2D eigenvalue weighted by Gasteiger charge is 2.42. The normalized spacial score (nSPS) is 26.9. The summed E-state index contributed by atoms with van der Waals surface area (Å²) < 4.78 is 8.06. The fourth-order valence-electron chi connectivity index (χ4n) is 3.70. The maximum absolute atomic E-state index is 10.8. The Balaban J connectivity index is 1.79. The van der Waals surface area contributed by atoms with Crippen molar-refractivity contribution in [2.75, 3.05) is 6.61 Å². The molecule has 0 amide bonds. The zero-order valence-corrected chi connectivity index (χ0v) is 14.6. The number of aliphatic hydroxyl groups excluding tert-OH is 1. The van der Waals surface area contributed by atoms with Crippen LogP contribution in [-0.4, -0.2) is 17.3 Å². The van der Waals surface area contributed by atoms with E-state index in [1.54, 1.807) is 0 Å². The molecule has 0 aromatic heterocycles. The number of hydrogen-bond acceptors (Lipinski definition) is 2. The van der Waals surface area contributed by atoms with E-state index in [4.69, 9.17) is 4.74 Å². The Morgan fingerprint density at radius 1 is 1.25 bits per heavy atom. The third kappa shape index (κ3) is 2.99. The highest BCUT2D eigenvalue weighted by molar-refractivity contribution is 9.11. The number of halogens is 2. The van der Waals surface area contributed by atoms with Crippen LogP contribution in [0.4, 0.5) is 0 Å². The van der Waals surface area contributed by atoms with Gasteiger partial charge in [-0.25, -0.2) is 0 Å². The van der Waals surface area contributed by atoms with Crippen LogP contribution in [-0.2, 0) is 4.74 Å². The van der Waals surface area contributed by atoms with Crippen molar-refractivity contribution >= 4 is 31.9 Å². The van der Waals surface area contributed by atoms with Crippen molar-refractivity contribution in [3.63, 3.8) is 0 Å². The molecule has 1 aliphatic carbocycles. The summed E-state index contributed by atoms with van der Waals surface area (Å²) in [5.74, 6) is 0.299. The van der Waals surface area contributed by atoms with Gasteiger partial charge in [0.15, 0.2) is 0 Å². The lowest BCUT2D eigenvalue weighted by molar-refractivity contribution is -0.113. The second-order valence-corrected chi connectivity index (χ2v) is 7.87. The molecule has 3 rings (SSSR count). The summed E-state index contributed by atoms with van der Waals surface area (Å²) in [4.78, 5) is 0. The van der Waals surface area contributed by atoms with Crippen molar-refractivity contribution in [3.8, 4) is 0 Å². The summed E-state index contributed by atoms with van der Waals surface area (Å²) in [5, 5.41) is 10.8. The van der Waals surface area contributed by atoms with Crippen LogP contribution in [0.1, 0.15) is 50.2 Å². The number of ether oxygens (including phenoxy) is 1. The Labute approximate surface area is 137 Å². The molecule has 2 aliphatic rings. The van der Waals surface area contributed by atoms with Gasteiger partial charge in [0, 0.05) is 15.6 Å². The molecule has 1 N–H and O–H groups in total. The molecule has 1 aromatic carbocycles. The maximum Gasteiger partial charge on any atom is 0.0831 e. The van der Waals surface area contributed by atoms with E-state index < -0.39 is 6.10 Å². The summed E-state index contributed by atoms with van der Waals surface area (Å²) in [5.41, 5.74) is 1.04. The third-order valence-electron chi connectivity index (χ3n) is 4.77. The van der Waals surface area contributed by atoms with Gasteiger partial charge in [-0.3, -0.25) is 0 Å². The molecule has 0 bridgehead atoms. The first-order valence-corrected chi connectivity index (χ1v) is 8.95. The zero-order valence-electron chi connectivity index (χ0n) is 11.4. The molecule has 1 spiro atoms. The highest BCUT2D eigenvalue weighted by atomic mass is 79.9. The van der Waals surface area contributed by atoms with Crippen molar-refractivity contribution in [2.24, 2.45) is 5.92 Å². The summed E-state index contributed by atoms with van der Waals surface area (Å²) in [7, 11) is 0. The van der Waals surface area contributed by atoms with E-state index in [1.807, 2.05) is 18.2 Å². The fraction of sp³-hybridized carbons (Fsp3) is 0.625. The summed E-state index contributed by atoms with van der Waals surface area (Å²) >= 11 is 7.05. The number of benzene rings is 1. The minimum absolute atomic E-state index is 0.0579. The largest absolute Gasteiger partial charge is 0.388 e. The van der Waals surface area contributed by atoms with E-state index in [0.29, 0.717) is 5.92 Å². The molecule has 20 heavy (non-hydrogen) atoms. The van der Waals surface area contributed by atoms with Crippen LogP contribution in [0.3, 0.4) is 0 Å². The van der Waals surface area contributed by atoms with Gasteiger partial charge >= 0.3 is 0 Å². The van der Waals surface area contributed by atoms with E-state index in [0.717, 1.165) is 46.8 Å². The minimum Gasteiger partial charge on any atom is -0.388 e. The molecule has 1 saturated heterocycles. The molecule has 2 fully saturated rings. The van der Waals surface area contributed by atoms with Gasteiger partial charge in [-0.15, -0.1) is 0 Å². The predicted molar refractivity (Wildman–Crippen MR) is 86.7 cm³/mol. The van der Waals surface area contributed by atoms with Gasteiger partial charge in [0.05, 0.1) is 11.7 Å². The lowest BCUT2D eigenvalue weighted by Gasteiger charge is -2.40. The zero-order chi connectivity index (χ0) is 14.2. The van der Waals surface area contributed by atoms with Crippen LogP contribution in [0.5, 0.6) is 0 Å². The lowest BCUT2D eigenvalue weighted by atomic mass is 9.80. The molecule has 1 aromatic rings. The molecule has 1 heterocycles. The molecule has 1 saturated carbocycles. The first-order chi connectivity index (χ1) is 9.60. The van der Waals surface area contributed by atoms with Gasteiger partial charge in [0.1, 0.15) is 0 Å². The first-order valence-electron chi connectivity index (χ1n) is 7.37. The highest BCUT2D eigenvalue weighted by Crippen LogP contribution is 2.46. The quantitative estimate of drug-likeness (QED) is 0.753. The van der Waals surface area contributed by atoms with E-state index in [2.05, 4.69) is 31.9 Å². The van der Waals surface area contributed by atoms with Crippen molar-refractivity contribution in [1.82, 2.24) is 0 Å². The molecule has 2 nitrogen and oxygen atoms in total. The Morgan fingerprint density at radius 2 is 2.00 bits per heavy atom. The number of aliphatic hydroxyl groups is 1. The Morgan fingerprint density at radius 3 is 2.75 bits per heavy atom. The van der Waals surface area contributed by atoms with Gasteiger partial charge in [-0.2, -0.15) is 0 Å². The number of hydrogen-bond donors (Lipinski definition) is 1. The lowest BCUT2D eigenvalue weighted by Crippen LogP contribution is -2.39. The standard InChI is InChI=1S/C16H20Br2O2/c17-12-3-4-14(18)13(9-12)15(19)11-5-8-20-16(10-11)6-1-2-7-16/h3-4,9,11,15,19H,1-2,5-8,10H2. The Bertz CT molecular complexity index is 483. The molecule has 1 aliphatic heterocycles. The van der Waals surface area contributed by atoms with Crippen molar-refractivity contribution in [3.05, 3.63) is 32.7 Å². The van der Waals surface area contributed by atoms with Crippen LogP contribution < -0.4 is 0 Å². The Hall–Kier alpha value is 0.1000. The molecule has 2 unspecified atom stereocenters. The third-order valence-corrected chi connectivity index (χ3v) is 5.98. The topological polar surface area (TPSA) is 29.5 Å². The monoisotopic (exact) mass is 402 g/mol. The molecular weight excluding hydrogens is 384 g/mol. The van der Waals surface area contributed by atoms with Crippen molar-refractivity contribution in [2.45, 2.75) is 50.2 Å². The average molecular weight is 404 g/mol. The fourth-order valence-corrected chi connectivity index (χ4v) is 4.56. The van der Waals surface area contributed by atoms with Gasteiger partial charge in [-0.05, 0) is 55.4 Å². The number of rotatable bonds is 2. The molecule has 0 radical (unpaired) electrons. The molecule has 110 valence electrons. The molecule has 4 heteroatoms. The van der Waals surface area contributed by atoms with Crippen LogP contribution in [0.25, 0.3) is 0 Å². The van der Waals surface area contributed by atoms with Crippen LogP contribution >= 0.6 is 31.9 Å². The van der Waals surface area contributed by atoms with Crippen LogP contribution in [0.15, 0.2) is 27.1 Å². The average Bonchev–Trinajstić information content (AvgIpc) is 2.88. The smallest absolute Gasteiger partial charge is 0.0831 e. The summed E-state index contributed by atoms with van der Waals surface area (Å²) in [6.07, 6.45) is 6.39. The first kappa shape index (κ1) is 15.0. The molecule has 2 atom stereocenters. The van der Waals surface area contributed by atoms with Gasteiger partial charge < -0.3 is 9.84 Å². The maximum atomic E-state index is 10.8. The SMILES string of the molecule is OC(c1cc(Br)ccc1Br)C1CCOC2(CCCC2)C1. The van der Waals surface area contributed by atoms with Crippen LogP contribution in [0.2, 0.25) is 0 Å².